The van der Waals surface area contributed by atoms with Crippen molar-refractivity contribution in [1.29, 1.82) is 0 Å². The molecule has 1 fully saturated rings. The molecule has 0 radical (unpaired) electrons. The zero-order valence-corrected chi connectivity index (χ0v) is 14.1. The maximum absolute atomic E-state index is 11.3. The number of anilines is 1. The highest BCUT2D eigenvalue weighted by Gasteiger charge is 2.36. The van der Waals surface area contributed by atoms with Crippen molar-refractivity contribution in [2.45, 2.75) is 24.2 Å². The Morgan fingerprint density at radius 3 is 2.72 bits per heavy atom. The van der Waals surface area contributed by atoms with Gasteiger partial charge in [0, 0.05) is 12.0 Å². The van der Waals surface area contributed by atoms with Crippen LogP contribution in [0.25, 0.3) is 0 Å². The van der Waals surface area contributed by atoms with Crippen LogP contribution in [0.3, 0.4) is 0 Å². The van der Waals surface area contributed by atoms with Crippen molar-refractivity contribution in [2.75, 3.05) is 5.43 Å². The number of nitro groups is 1. The molecule has 10 heteroatoms. The normalized spacial score (nSPS) is 19.9. The van der Waals surface area contributed by atoms with Crippen molar-refractivity contribution in [2.24, 2.45) is 16.2 Å². The molecule has 25 heavy (non-hydrogen) atoms. The molecule has 1 aliphatic rings. The molecule has 1 heterocycles. The van der Waals surface area contributed by atoms with Gasteiger partial charge >= 0.3 is 0 Å². The number of benzene rings is 1. The Kier molecular flexibility index (Phi) is 4.31. The number of nitrogens with zero attached hydrogens (tertiary/aromatic N) is 2. The summed E-state index contributed by atoms with van der Waals surface area (Å²) in [5.74, 6) is 2.49. The first-order chi connectivity index (χ1) is 11.8. The summed E-state index contributed by atoms with van der Waals surface area (Å²) in [6.07, 6.45) is 2.50. The molecule has 1 aromatic heterocycles. The molecule has 1 aromatic carbocycles. The Morgan fingerprint density at radius 2 is 2.12 bits per heavy atom. The molecule has 0 aliphatic heterocycles. The van der Waals surface area contributed by atoms with Crippen molar-refractivity contribution in [3.63, 3.8) is 0 Å². The van der Waals surface area contributed by atoms with Gasteiger partial charge in [0.05, 0.1) is 16.0 Å². The standard InChI is InChI=1S/C15H16N4O5S/c1-9-6-12(9)15-5-2-10(24-15)8-17-18-13-4-3-11(25(16,22)23)7-14(13)19(20)21/h2-5,7-9,12,18H,6H2,1H3,(H2,16,22,23)/b17-8-/t9-,12-/m0/s1. The van der Waals surface area contributed by atoms with Gasteiger partial charge in [0.15, 0.2) is 0 Å². The molecule has 1 aliphatic carbocycles. The van der Waals surface area contributed by atoms with Crippen LogP contribution in [0.2, 0.25) is 0 Å². The molecule has 0 saturated heterocycles. The van der Waals surface area contributed by atoms with Gasteiger partial charge in [-0.1, -0.05) is 6.92 Å². The number of furan rings is 1. The van der Waals surface area contributed by atoms with E-state index >= 15 is 0 Å². The van der Waals surface area contributed by atoms with Gasteiger partial charge in [0.2, 0.25) is 10.0 Å². The van der Waals surface area contributed by atoms with Crippen LogP contribution in [-0.4, -0.2) is 19.6 Å². The predicted molar refractivity (Wildman–Crippen MR) is 90.9 cm³/mol. The number of nitro benzene ring substituents is 1. The summed E-state index contributed by atoms with van der Waals surface area (Å²) >= 11 is 0. The Hall–Kier alpha value is -2.72. The van der Waals surface area contributed by atoms with E-state index < -0.39 is 20.6 Å². The SMILES string of the molecule is C[C@H]1C[C@@H]1c1ccc(/C=N\Nc2ccc(S(N)(=O)=O)cc2[N+](=O)[O-])o1. The van der Waals surface area contributed by atoms with E-state index in [0.717, 1.165) is 18.2 Å². The van der Waals surface area contributed by atoms with E-state index in [2.05, 4.69) is 17.5 Å². The van der Waals surface area contributed by atoms with Gasteiger partial charge in [-0.2, -0.15) is 5.10 Å². The minimum Gasteiger partial charge on any atom is -0.460 e. The molecule has 2 atom stereocenters. The van der Waals surface area contributed by atoms with Crippen LogP contribution < -0.4 is 10.6 Å². The third kappa shape index (κ3) is 3.86. The smallest absolute Gasteiger partial charge is 0.295 e. The number of nitrogens with one attached hydrogen (secondary N) is 1. The number of hydrogen-bond acceptors (Lipinski definition) is 7. The average Bonchev–Trinajstić information content (AvgIpc) is 3.07. The lowest BCUT2D eigenvalue weighted by atomic mass is 10.3. The zero-order chi connectivity index (χ0) is 18.2. The molecular formula is C15H16N4O5S. The third-order valence-electron chi connectivity index (χ3n) is 3.99. The third-order valence-corrected chi connectivity index (χ3v) is 4.90. The lowest BCUT2D eigenvalue weighted by molar-refractivity contribution is -0.384. The fourth-order valence-corrected chi connectivity index (χ4v) is 2.99. The van der Waals surface area contributed by atoms with Crippen molar-refractivity contribution >= 4 is 27.6 Å². The Bertz CT molecular complexity index is 951. The summed E-state index contributed by atoms with van der Waals surface area (Å²) in [4.78, 5) is 10.0. The lowest BCUT2D eigenvalue weighted by Gasteiger charge is -2.04. The second-order valence-corrected chi connectivity index (χ2v) is 7.47. The van der Waals surface area contributed by atoms with Crippen molar-refractivity contribution in [1.82, 2.24) is 0 Å². The highest BCUT2D eigenvalue weighted by atomic mass is 32.2. The van der Waals surface area contributed by atoms with Gasteiger partial charge in [-0.25, -0.2) is 13.6 Å². The van der Waals surface area contributed by atoms with Gasteiger partial charge in [-0.05, 0) is 36.6 Å². The molecular weight excluding hydrogens is 348 g/mol. The average molecular weight is 364 g/mol. The van der Waals surface area contributed by atoms with Crippen LogP contribution in [0.1, 0.15) is 30.8 Å². The molecule has 0 unspecified atom stereocenters. The summed E-state index contributed by atoms with van der Waals surface area (Å²) < 4.78 is 28.2. The second kappa shape index (κ2) is 6.30. The van der Waals surface area contributed by atoms with E-state index in [-0.39, 0.29) is 10.6 Å². The number of primary sulfonamides is 1. The monoisotopic (exact) mass is 364 g/mol. The first kappa shape index (κ1) is 17.1. The highest BCUT2D eigenvalue weighted by Crippen LogP contribution is 2.47. The second-order valence-electron chi connectivity index (χ2n) is 5.91. The minimum absolute atomic E-state index is 0.0382. The lowest BCUT2D eigenvalue weighted by Crippen LogP contribution is -2.12. The van der Waals surface area contributed by atoms with Crippen molar-refractivity contribution in [3.8, 4) is 0 Å². The topological polar surface area (TPSA) is 141 Å². The summed E-state index contributed by atoms with van der Waals surface area (Å²) in [5, 5.41) is 20.0. The summed E-state index contributed by atoms with van der Waals surface area (Å²) in [6, 6.07) is 6.93. The molecule has 3 N–H and O–H groups in total. The van der Waals surface area contributed by atoms with Crippen LogP contribution in [0.4, 0.5) is 11.4 Å². The number of sulfonamides is 1. The first-order valence-electron chi connectivity index (χ1n) is 7.46. The van der Waals surface area contributed by atoms with E-state index in [0.29, 0.717) is 17.6 Å². The van der Waals surface area contributed by atoms with Gasteiger partial charge in [-0.15, -0.1) is 0 Å². The van der Waals surface area contributed by atoms with Gasteiger partial charge < -0.3 is 4.42 Å². The van der Waals surface area contributed by atoms with Crippen LogP contribution in [-0.2, 0) is 10.0 Å². The Morgan fingerprint density at radius 1 is 1.40 bits per heavy atom. The van der Waals surface area contributed by atoms with Crippen molar-refractivity contribution in [3.05, 3.63) is 52.0 Å². The zero-order valence-electron chi connectivity index (χ0n) is 13.2. The van der Waals surface area contributed by atoms with E-state index in [1.807, 2.05) is 6.07 Å². The fourth-order valence-electron chi connectivity index (χ4n) is 2.46. The highest BCUT2D eigenvalue weighted by molar-refractivity contribution is 7.89. The van der Waals surface area contributed by atoms with Gasteiger partial charge in [0.25, 0.3) is 5.69 Å². The van der Waals surface area contributed by atoms with Crippen LogP contribution in [0.5, 0.6) is 0 Å². The molecule has 9 nitrogen and oxygen atoms in total. The largest absolute Gasteiger partial charge is 0.460 e. The van der Waals surface area contributed by atoms with Gasteiger partial charge in [0.1, 0.15) is 17.2 Å². The number of rotatable bonds is 6. The van der Waals surface area contributed by atoms with E-state index in [9.17, 15) is 18.5 Å². The molecule has 2 aromatic rings. The quantitative estimate of drug-likeness (QED) is 0.458. The Balaban J connectivity index is 1.76. The molecule has 0 spiro atoms. The van der Waals surface area contributed by atoms with E-state index in [4.69, 9.17) is 9.56 Å². The van der Waals surface area contributed by atoms with Crippen LogP contribution in [0, 0.1) is 16.0 Å². The number of hydrazone groups is 1. The fraction of sp³-hybridized carbons (Fsp3) is 0.267. The first-order valence-corrected chi connectivity index (χ1v) is 9.00. The molecule has 0 amide bonds. The van der Waals surface area contributed by atoms with Crippen LogP contribution >= 0.6 is 0 Å². The number of nitrogens with two attached hydrogens (primary N) is 1. The number of hydrogen-bond donors (Lipinski definition) is 2. The van der Waals surface area contributed by atoms with Crippen LogP contribution in [0.15, 0.2) is 44.7 Å². The summed E-state index contributed by atoms with van der Waals surface area (Å²) in [5.41, 5.74) is 2.11. The minimum atomic E-state index is -4.03. The Labute approximate surface area is 143 Å². The van der Waals surface area contributed by atoms with E-state index in [1.54, 1.807) is 6.07 Å². The molecule has 3 rings (SSSR count). The van der Waals surface area contributed by atoms with Gasteiger partial charge in [-0.3, -0.25) is 15.5 Å². The maximum atomic E-state index is 11.3. The maximum Gasteiger partial charge on any atom is 0.295 e. The molecule has 0 bridgehead atoms. The van der Waals surface area contributed by atoms with Crippen molar-refractivity contribution < 1.29 is 17.8 Å². The summed E-state index contributed by atoms with van der Waals surface area (Å²) in [7, 11) is -4.03. The molecule has 132 valence electrons. The molecule has 1 saturated carbocycles. The predicted octanol–water partition coefficient (Wildman–Crippen LogP) is 2.40. The summed E-state index contributed by atoms with van der Waals surface area (Å²) in [6.45, 7) is 2.15. The van der Waals surface area contributed by atoms with E-state index in [1.165, 1.54) is 18.3 Å².